The van der Waals surface area contributed by atoms with Crippen molar-refractivity contribution in [3.05, 3.63) is 71.3 Å². The Morgan fingerprint density at radius 1 is 1.27 bits per heavy atom. The number of phenols is 1. The van der Waals surface area contributed by atoms with E-state index in [-0.39, 0.29) is 23.3 Å². The Balaban J connectivity index is 1.27. The Hall–Kier alpha value is -4.48. The number of methoxy groups -OCH3 is 1. The summed E-state index contributed by atoms with van der Waals surface area (Å²) in [4.78, 5) is 35.5. The van der Waals surface area contributed by atoms with Crippen LogP contribution in [0.3, 0.4) is 0 Å². The summed E-state index contributed by atoms with van der Waals surface area (Å²) in [6.45, 7) is 3.31. The SMILES string of the molecule is COCCn1cc(C(=O)Nc2cnc3[nH]c(C(=O)N4C[C@@H](CCl)c5c4cc(O)c4cccc(C)c54)cc3c2)nn1. The molecule has 3 aromatic heterocycles. The first kappa shape index (κ1) is 25.8. The van der Waals surface area contributed by atoms with Crippen LogP contribution >= 0.6 is 11.6 Å². The third kappa shape index (κ3) is 4.42. The van der Waals surface area contributed by atoms with Gasteiger partial charge in [0.05, 0.1) is 36.9 Å². The molecule has 204 valence electrons. The quantitative estimate of drug-likeness (QED) is 0.254. The molecule has 0 saturated heterocycles. The van der Waals surface area contributed by atoms with Crippen molar-refractivity contribution in [2.45, 2.75) is 19.4 Å². The lowest BCUT2D eigenvalue weighted by molar-refractivity contribution is 0.0982. The van der Waals surface area contributed by atoms with Crippen molar-refractivity contribution < 1.29 is 19.4 Å². The lowest BCUT2D eigenvalue weighted by Crippen LogP contribution is -2.30. The number of aromatic hydroxyl groups is 1. The molecule has 0 spiro atoms. The van der Waals surface area contributed by atoms with Crippen molar-refractivity contribution in [2.24, 2.45) is 0 Å². The number of amides is 2. The molecule has 5 aromatic rings. The predicted octanol–water partition coefficient (Wildman–Crippen LogP) is 4.20. The number of carbonyl (C=O) groups excluding carboxylic acids is 2. The molecule has 11 nitrogen and oxygen atoms in total. The summed E-state index contributed by atoms with van der Waals surface area (Å²) in [5, 5.41) is 23.7. The zero-order valence-corrected chi connectivity index (χ0v) is 22.6. The largest absolute Gasteiger partial charge is 0.507 e. The maximum absolute atomic E-state index is 13.7. The number of ether oxygens (including phenoxy) is 1. The van der Waals surface area contributed by atoms with Crippen LogP contribution in [0.15, 0.2) is 48.8 Å². The van der Waals surface area contributed by atoms with E-state index in [1.54, 1.807) is 30.2 Å². The number of phenolic OH excluding ortho intramolecular Hbond substituents is 1. The Morgan fingerprint density at radius 3 is 2.92 bits per heavy atom. The van der Waals surface area contributed by atoms with Gasteiger partial charge >= 0.3 is 0 Å². The number of halogens is 1. The third-order valence-corrected chi connectivity index (χ3v) is 7.53. The molecule has 2 amide bonds. The van der Waals surface area contributed by atoms with E-state index in [4.69, 9.17) is 16.3 Å². The van der Waals surface area contributed by atoms with E-state index in [9.17, 15) is 14.7 Å². The second-order valence-corrected chi connectivity index (χ2v) is 10.1. The number of fused-ring (bicyclic) bond motifs is 4. The molecular weight excluding hydrogens is 534 g/mol. The summed E-state index contributed by atoms with van der Waals surface area (Å²) in [5.41, 5.74) is 4.06. The molecule has 1 atom stereocenters. The number of aromatic nitrogens is 5. The lowest BCUT2D eigenvalue weighted by atomic mass is 9.92. The van der Waals surface area contributed by atoms with Gasteiger partial charge in [-0.25, -0.2) is 9.67 Å². The fourth-order valence-electron chi connectivity index (χ4n) is 5.25. The number of H-pyrrole nitrogens is 1. The normalized spacial score (nSPS) is 14.7. The number of rotatable bonds is 7. The van der Waals surface area contributed by atoms with Gasteiger partial charge in [0.15, 0.2) is 5.69 Å². The molecule has 0 fully saturated rings. The first-order valence-electron chi connectivity index (χ1n) is 12.7. The molecule has 0 radical (unpaired) electrons. The number of alkyl halides is 1. The number of nitrogens with one attached hydrogen (secondary N) is 2. The molecule has 6 rings (SSSR count). The van der Waals surface area contributed by atoms with Gasteiger partial charge in [-0.3, -0.25) is 9.59 Å². The number of hydrogen-bond donors (Lipinski definition) is 3. The van der Waals surface area contributed by atoms with Crippen molar-refractivity contribution in [1.82, 2.24) is 25.0 Å². The molecule has 40 heavy (non-hydrogen) atoms. The Morgan fingerprint density at radius 2 is 2.12 bits per heavy atom. The number of anilines is 2. The fraction of sp³-hybridized carbons (Fsp3) is 0.250. The molecular formula is C28H26ClN7O4. The van der Waals surface area contributed by atoms with Gasteiger partial charge < -0.3 is 25.0 Å². The summed E-state index contributed by atoms with van der Waals surface area (Å²) in [6, 6.07) is 10.8. The van der Waals surface area contributed by atoms with Crippen LogP contribution in [-0.4, -0.2) is 68.0 Å². The minimum Gasteiger partial charge on any atom is -0.507 e. The lowest BCUT2D eigenvalue weighted by Gasteiger charge is -2.18. The van der Waals surface area contributed by atoms with Crippen molar-refractivity contribution in [3.63, 3.8) is 0 Å². The van der Waals surface area contributed by atoms with Crippen LogP contribution < -0.4 is 10.2 Å². The topological polar surface area (TPSA) is 138 Å². The fourth-order valence-corrected chi connectivity index (χ4v) is 5.50. The maximum atomic E-state index is 13.7. The van der Waals surface area contributed by atoms with Gasteiger partial charge in [-0.05, 0) is 35.6 Å². The van der Waals surface area contributed by atoms with Gasteiger partial charge in [0, 0.05) is 42.3 Å². The van der Waals surface area contributed by atoms with E-state index in [2.05, 4.69) is 25.6 Å². The van der Waals surface area contributed by atoms with E-state index < -0.39 is 5.91 Å². The van der Waals surface area contributed by atoms with Gasteiger partial charge in [-0.15, -0.1) is 16.7 Å². The van der Waals surface area contributed by atoms with E-state index >= 15 is 0 Å². The summed E-state index contributed by atoms with van der Waals surface area (Å²) in [7, 11) is 1.59. The molecule has 4 heterocycles. The van der Waals surface area contributed by atoms with Crippen LogP contribution in [-0.2, 0) is 11.3 Å². The summed E-state index contributed by atoms with van der Waals surface area (Å²) < 4.78 is 6.54. The van der Waals surface area contributed by atoms with Gasteiger partial charge in [-0.2, -0.15) is 0 Å². The number of aryl methyl sites for hydroxylation is 1. The second-order valence-electron chi connectivity index (χ2n) is 9.75. The molecule has 2 aromatic carbocycles. The number of hydrogen-bond acceptors (Lipinski definition) is 7. The Labute approximate surface area is 233 Å². The van der Waals surface area contributed by atoms with E-state index in [0.29, 0.717) is 53.7 Å². The maximum Gasteiger partial charge on any atom is 0.277 e. The minimum absolute atomic E-state index is 0.0819. The molecule has 3 N–H and O–H groups in total. The molecule has 0 aliphatic carbocycles. The van der Waals surface area contributed by atoms with Crippen LogP contribution in [0.5, 0.6) is 5.75 Å². The predicted molar refractivity (Wildman–Crippen MR) is 151 cm³/mol. The Kier molecular flexibility index (Phi) is 6.60. The highest BCUT2D eigenvalue weighted by Gasteiger charge is 2.35. The first-order valence-corrected chi connectivity index (χ1v) is 13.2. The van der Waals surface area contributed by atoms with Gasteiger partial charge in [-0.1, -0.05) is 23.4 Å². The van der Waals surface area contributed by atoms with Gasteiger partial charge in [0.25, 0.3) is 11.8 Å². The zero-order valence-electron chi connectivity index (χ0n) is 21.8. The van der Waals surface area contributed by atoms with E-state index in [1.807, 2.05) is 25.1 Å². The van der Waals surface area contributed by atoms with E-state index in [0.717, 1.165) is 21.9 Å². The molecule has 0 unspecified atom stereocenters. The van der Waals surface area contributed by atoms with Gasteiger partial charge in [0.2, 0.25) is 0 Å². The minimum atomic E-state index is -0.431. The second kappa shape index (κ2) is 10.2. The number of nitrogens with zero attached hydrogens (tertiary/aromatic N) is 5. The number of pyridine rings is 1. The standard InChI is InChI=1S/C28H26ClN7O4/c1-15-4-3-5-19-23(37)10-22-25(24(15)19)17(11-29)13-36(22)28(39)20-9-16-8-18(12-30-26(16)32-20)31-27(38)21-14-35(34-33-21)6-7-40-2/h3-5,8-10,12,14,17,37H,6-7,11,13H2,1-2H3,(H,30,32)(H,31,38)/t17-/m1/s1. The van der Waals surface area contributed by atoms with Crippen LogP contribution in [0.2, 0.25) is 0 Å². The van der Waals surface area contributed by atoms with E-state index in [1.165, 1.54) is 17.1 Å². The summed E-state index contributed by atoms with van der Waals surface area (Å²) >= 11 is 6.37. The smallest absolute Gasteiger partial charge is 0.277 e. The molecule has 12 heteroatoms. The highest BCUT2D eigenvalue weighted by molar-refractivity contribution is 6.19. The number of benzene rings is 2. The molecule has 0 bridgehead atoms. The van der Waals surface area contributed by atoms with Crippen LogP contribution in [0.1, 0.15) is 38.0 Å². The van der Waals surface area contributed by atoms with Crippen LogP contribution in [0.4, 0.5) is 11.4 Å². The highest BCUT2D eigenvalue weighted by Crippen LogP contribution is 2.46. The van der Waals surface area contributed by atoms with Crippen molar-refractivity contribution in [3.8, 4) is 5.75 Å². The first-order chi connectivity index (χ1) is 19.4. The average molecular weight is 560 g/mol. The van der Waals surface area contributed by atoms with Crippen molar-refractivity contribution >= 4 is 56.6 Å². The molecule has 0 saturated carbocycles. The zero-order chi connectivity index (χ0) is 28.0. The van der Waals surface area contributed by atoms with Gasteiger partial charge in [0.1, 0.15) is 17.1 Å². The van der Waals surface area contributed by atoms with Crippen molar-refractivity contribution in [2.75, 3.05) is 36.4 Å². The average Bonchev–Trinajstić information content (AvgIpc) is 3.68. The molecule has 1 aliphatic heterocycles. The summed E-state index contributed by atoms with van der Waals surface area (Å²) in [6.07, 6.45) is 3.04. The molecule has 1 aliphatic rings. The number of aromatic amines is 1. The van der Waals surface area contributed by atoms with Crippen LogP contribution in [0.25, 0.3) is 21.8 Å². The highest BCUT2D eigenvalue weighted by atomic mass is 35.5. The van der Waals surface area contributed by atoms with Crippen molar-refractivity contribution in [1.29, 1.82) is 0 Å². The Bertz CT molecular complexity index is 1780. The monoisotopic (exact) mass is 559 g/mol. The summed E-state index contributed by atoms with van der Waals surface area (Å²) in [5.74, 6) is -0.329. The van der Waals surface area contributed by atoms with Crippen LogP contribution in [0, 0.1) is 6.92 Å². The third-order valence-electron chi connectivity index (χ3n) is 7.16. The number of carbonyl (C=O) groups is 2.